The lowest BCUT2D eigenvalue weighted by atomic mass is 9.61. The first-order chi connectivity index (χ1) is 5.69. The lowest BCUT2D eigenvalue weighted by Crippen LogP contribution is -2.36. The van der Waals surface area contributed by atoms with Gasteiger partial charge in [-0.05, 0) is 55.8 Å². The number of Topliss-reactive ketones (excluding diaryl/α,β-unsaturated/α-hetero) is 1. The van der Waals surface area contributed by atoms with Gasteiger partial charge in [-0.25, -0.2) is 0 Å². The van der Waals surface area contributed by atoms with Gasteiger partial charge in [-0.15, -0.1) is 0 Å². The second-order valence-electron chi connectivity index (χ2n) is 5.41. The summed E-state index contributed by atoms with van der Waals surface area (Å²) in [7, 11) is 0. The molecule has 2 atom stereocenters. The first kappa shape index (κ1) is 7.11. The van der Waals surface area contributed by atoms with Crippen molar-refractivity contribution in [1.29, 1.82) is 0 Å². The summed E-state index contributed by atoms with van der Waals surface area (Å²) in [5.41, 5.74) is 0.504. The molecule has 3 aliphatic rings. The summed E-state index contributed by atoms with van der Waals surface area (Å²) in [6.45, 7) is 1.76. The molecule has 0 amide bonds. The Kier molecular flexibility index (Phi) is 1.15. The molecule has 3 saturated carbocycles. The Bertz CT molecular complexity index is 226. The summed E-state index contributed by atoms with van der Waals surface area (Å²) in [6, 6.07) is 0. The highest BCUT2D eigenvalue weighted by molar-refractivity contribution is 5.76. The number of hydrogen-bond acceptors (Lipinski definition) is 1. The first-order valence-corrected chi connectivity index (χ1v) is 5.18. The van der Waals surface area contributed by atoms with Crippen LogP contribution in [0.1, 0.15) is 39.0 Å². The SMILES string of the molecule is CC(=O)CC12CC3CC(C1)C3C2. The van der Waals surface area contributed by atoms with Crippen molar-refractivity contribution in [3.63, 3.8) is 0 Å². The average molecular weight is 164 g/mol. The van der Waals surface area contributed by atoms with Gasteiger partial charge in [0.25, 0.3) is 0 Å². The van der Waals surface area contributed by atoms with Crippen molar-refractivity contribution < 1.29 is 4.79 Å². The van der Waals surface area contributed by atoms with E-state index in [-0.39, 0.29) is 0 Å². The molecule has 66 valence electrons. The number of carbonyl (C=O) groups excluding carboxylic acids is 1. The van der Waals surface area contributed by atoms with E-state index in [0.717, 1.165) is 24.2 Å². The van der Waals surface area contributed by atoms with Crippen molar-refractivity contribution in [2.24, 2.45) is 23.2 Å². The zero-order chi connectivity index (χ0) is 8.34. The third-order valence-corrected chi connectivity index (χ3v) is 4.50. The Morgan fingerprint density at radius 1 is 1.33 bits per heavy atom. The summed E-state index contributed by atoms with van der Waals surface area (Å²) < 4.78 is 0. The van der Waals surface area contributed by atoms with Crippen LogP contribution in [-0.4, -0.2) is 5.78 Å². The van der Waals surface area contributed by atoms with Crippen molar-refractivity contribution in [3.05, 3.63) is 0 Å². The summed E-state index contributed by atoms with van der Waals surface area (Å²) in [4.78, 5) is 11.1. The highest BCUT2D eigenvalue weighted by Gasteiger charge is 2.61. The van der Waals surface area contributed by atoms with E-state index in [9.17, 15) is 4.79 Å². The van der Waals surface area contributed by atoms with Crippen LogP contribution in [0, 0.1) is 23.2 Å². The monoisotopic (exact) mass is 164 g/mol. The Labute approximate surface area is 73.5 Å². The Hall–Kier alpha value is -0.330. The van der Waals surface area contributed by atoms with E-state index in [4.69, 9.17) is 0 Å². The summed E-state index contributed by atoms with van der Waals surface area (Å²) >= 11 is 0. The van der Waals surface area contributed by atoms with Gasteiger partial charge in [0, 0.05) is 6.42 Å². The molecule has 1 nitrogen and oxygen atoms in total. The van der Waals surface area contributed by atoms with Crippen molar-refractivity contribution in [3.8, 4) is 0 Å². The number of rotatable bonds is 2. The highest BCUT2D eigenvalue weighted by Crippen LogP contribution is 2.70. The van der Waals surface area contributed by atoms with E-state index < -0.39 is 0 Å². The largest absolute Gasteiger partial charge is 0.300 e. The Morgan fingerprint density at radius 2 is 2.00 bits per heavy atom. The van der Waals surface area contributed by atoms with Gasteiger partial charge in [-0.2, -0.15) is 0 Å². The van der Waals surface area contributed by atoms with Gasteiger partial charge in [-0.3, -0.25) is 0 Å². The Balaban J connectivity index is 1.81. The minimum absolute atomic E-state index is 0.414. The smallest absolute Gasteiger partial charge is 0.130 e. The van der Waals surface area contributed by atoms with Crippen LogP contribution in [0.2, 0.25) is 0 Å². The van der Waals surface area contributed by atoms with E-state index in [1.54, 1.807) is 6.92 Å². The lowest BCUT2D eigenvalue weighted by molar-refractivity contribution is -0.119. The van der Waals surface area contributed by atoms with Gasteiger partial charge in [0.15, 0.2) is 0 Å². The molecule has 3 aliphatic carbocycles. The van der Waals surface area contributed by atoms with Crippen LogP contribution in [0.25, 0.3) is 0 Å². The summed E-state index contributed by atoms with van der Waals surface area (Å²) in [5, 5.41) is 0. The number of ketones is 1. The van der Waals surface area contributed by atoms with E-state index in [0.29, 0.717) is 11.2 Å². The minimum Gasteiger partial charge on any atom is -0.300 e. The standard InChI is InChI=1S/C11H16O/c1-7(12)3-11-4-8-2-9(5-11)10(8)6-11/h8-10H,2-6H2,1H3. The quantitative estimate of drug-likeness (QED) is 0.612. The van der Waals surface area contributed by atoms with Gasteiger partial charge in [0.05, 0.1) is 0 Å². The fraction of sp³-hybridized carbons (Fsp3) is 0.909. The second-order valence-corrected chi connectivity index (χ2v) is 5.41. The van der Waals surface area contributed by atoms with Gasteiger partial charge >= 0.3 is 0 Å². The molecule has 1 heteroatoms. The first-order valence-electron chi connectivity index (χ1n) is 5.18. The van der Waals surface area contributed by atoms with E-state index >= 15 is 0 Å². The molecule has 2 unspecified atom stereocenters. The van der Waals surface area contributed by atoms with Crippen molar-refractivity contribution in [2.45, 2.75) is 39.0 Å². The maximum Gasteiger partial charge on any atom is 0.130 e. The maximum atomic E-state index is 11.1. The molecule has 12 heavy (non-hydrogen) atoms. The van der Waals surface area contributed by atoms with Gasteiger partial charge in [0.1, 0.15) is 5.78 Å². The lowest BCUT2D eigenvalue weighted by Gasteiger charge is -2.44. The molecule has 3 rings (SSSR count). The maximum absolute atomic E-state index is 11.1. The molecule has 0 heterocycles. The molecule has 0 aliphatic heterocycles. The molecule has 0 radical (unpaired) electrons. The summed E-state index contributed by atoms with van der Waals surface area (Å²) in [5.74, 6) is 3.52. The molecule has 3 fully saturated rings. The molecule has 0 saturated heterocycles. The fourth-order valence-electron chi connectivity index (χ4n) is 4.34. The van der Waals surface area contributed by atoms with Crippen molar-refractivity contribution in [2.75, 3.05) is 0 Å². The van der Waals surface area contributed by atoms with Crippen LogP contribution >= 0.6 is 0 Å². The molecule has 0 N–H and O–H groups in total. The summed E-state index contributed by atoms with van der Waals surface area (Å²) in [6.07, 6.45) is 6.53. The van der Waals surface area contributed by atoms with Gasteiger partial charge in [0.2, 0.25) is 0 Å². The van der Waals surface area contributed by atoms with Crippen LogP contribution in [0.5, 0.6) is 0 Å². The Morgan fingerprint density at radius 3 is 2.42 bits per heavy atom. The fourth-order valence-corrected chi connectivity index (χ4v) is 4.34. The molecule has 0 spiro atoms. The van der Waals surface area contributed by atoms with Crippen LogP contribution in [0.15, 0.2) is 0 Å². The predicted molar refractivity (Wildman–Crippen MR) is 46.7 cm³/mol. The highest BCUT2D eigenvalue weighted by atomic mass is 16.1. The molecular formula is C11H16O. The van der Waals surface area contributed by atoms with E-state index in [1.807, 2.05) is 0 Å². The van der Waals surface area contributed by atoms with Crippen LogP contribution in [0.4, 0.5) is 0 Å². The second kappa shape index (κ2) is 1.94. The normalized spacial score (nSPS) is 53.9. The average Bonchev–Trinajstić information content (AvgIpc) is 2.37. The topological polar surface area (TPSA) is 17.1 Å². The minimum atomic E-state index is 0.414. The third kappa shape index (κ3) is 0.725. The predicted octanol–water partition coefficient (Wildman–Crippen LogP) is 2.40. The number of carbonyl (C=O) groups is 1. The van der Waals surface area contributed by atoms with E-state index in [1.165, 1.54) is 25.7 Å². The van der Waals surface area contributed by atoms with E-state index in [2.05, 4.69) is 0 Å². The van der Waals surface area contributed by atoms with Crippen molar-refractivity contribution >= 4 is 5.78 Å². The molecular weight excluding hydrogens is 148 g/mol. The van der Waals surface area contributed by atoms with Gasteiger partial charge < -0.3 is 4.79 Å². The zero-order valence-corrected chi connectivity index (χ0v) is 7.68. The molecule has 0 aromatic heterocycles. The molecule has 0 aromatic rings. The van der Waals surface area contributed by atoms with Crippen LogP contribution < -0.4 is 0 Å². The molecule has 2 bridgehead atoms. The third-order valence-electron chi connectivity index (χ3n) is 4.50. The van der Waals surface area contributed by atoms with Gasteiger partial charge in [-0.1, -0.05) is 0 Å². The number of fused-ring (bicyclic) bond motifs is 1. The van der Waals surface area contributed by atoms with Crippen LogP contribution in [0.3, 0.4) is 0 Å². The van der Waals surface area contributed by atoms with Crippen molar-refractivity contribution in [1.82, 2.24) is 0 Å². The van der Waals surface area contributed by atoms with Crippen LogP contribution in [-0.2, 0) is 4.79 Å². The molecule has 0 aromatic carbocycles. The zero-order valence-electron chi connectivity index (χ0n) is 7.68. The number of hydrogen-bond donors (Lipinski definition) is 0.